The molecule has 2 heterocycles. The molecule has 2 aliphatic heterocycles. The van der Waals surface area contributed by atoms with Gasteiger partial charge in [-0.2, -0.15) is 0 Å². The fraction of sp³-hybridized carbons (Fsp3) is 0.385. The normalized spacial score (nSPS) is 22.3. The van der Waals surface area contributed by atoms with Crippen LogP contribution in [0, 0.1) is 25.7 Å². The van der Waals surface area contributed by atoms with Crippen molar-refractivity contribution in [3.05, 3.63) is 76.5 Å². The number of nitrogens with zero attached hydrogens (tertiary/aromatic N) is 2. The third-order valence-corrected chi connectivity index (χ3v) is 6.13. The molecule has 2 amide bonds. The largest absolute Gasteiger partial charge is 0.366 e. The molecule has 2 aromatic carbocycles. The Hall–Kier alpha value is -2.88. The van der Waals surface area contributed by atoms with Crippen molar-refractivity contribution in [2.45, 2.75) is 40.7 Å². The van der Waals surface area contributed by atoms with Gasteiger partial charge < -0.3 is 4.90 Å². The maximum Gasteiger partial charge on any atom is 0.278 e. The van der Waals surface area contributed by atoms with Gasteiger partial charge in [0.1, 0.15) is 5.70 Å². The van der Waals surface area contributed by atoms with E-state index >= 15 is 0 Å². The number of rotatable bonds is 4. The fourth-order valence-corrected chi connectivity index (χ4v) is 4.70. The van der Waals surface area contributed by atoms with E-state index in [1.54, 1.807) is 0 Å². The lowest BCUT2D eigenvalue weighted by Crippen LogP contribution is -2.41. The van der Waals surface area contributed by atoms with E-state index in [1.807, 2.05) is 62.4 Å². The van der Waals surface area contributed by atoms with Crippen LogP contribution in [-0.4, -0.2) is 34.7 Å². The number of piperidine rings is 1. The van der Waals surface area contributed by atoms with E-state index in [1.165, 1.54) is 4.90 Å². The van der Waals surface area contributed by atoms with Crippen molar-refractivity contribution in [1.82, 2.24) is 9.80 Å². The van der Waals surface area contributed by atoms with Crippen molar-refractivity contribution < 1.29 is 9.59 Å². The number of hydrogen-bond acceptors (Lipinski definition) is 3. The van der Waals surface area contributed by atoms with Crippen LogP contribution in [0.1, 0.15) is 42.5 Å². The summed E-state index contributed by atoms with van der Waals surface area (Å²) in [7, 11) is 0. The van der Waals surface area contributed by atoms with Gasteiger partial charge in [0.15, 0.2) is 0 Å². The Kier molecular flexibility index (Phi) is 5.50. The van der Waals surface area contributed by atoms with Crippen LogP contribution < -0.4 is 0 Å². The second-order valence-electron chi connectivity index (χ2n) is 9.12. The summed E-state index contributed by atoms with van der Waals surface area (Å²) in [5, 5.41) is 0. The monoisotopic (exact) mass is 402 g/mol. The lowest BCUT2D eigenvalue weighted by molar-refractivity contribution is -0.138. The van der Waals surface area contributed by atoms with Gasteiger partial charge >= 0.3 is 0 Å². The van der Waals surface area contributed by atoms with E-state index < -0.39 is 0 Å². The molecule has 1 fully saturated rings. The molecule has 4 nitrogen and oxygen atoms in total. The molecule has 156 valence electrons. The average Bonchev–Trinajstić information content (AvgIpc) is 2.94. The molecule has 0 spiro atoms. The zero-order chi connectivity index (χ0) is 21.4. The van der Waals surface area contributed by atoms with E-state index in [2.05, 4.69) is 18.7 Å². The van der Waals surface area contributed by atoms with Crippen molar-refractivity contribution in [2.75, 3.05) is 13.1 Å². The molecule has 30 heavy (non-hydrogen) atoms. The average molecular weight is 403 g/mol. The van der Waals surface area contributed by atoms with Crippen molar-refractivity contribution in [1.29, 1.82) is 0 Å². The molecule has 2 atom stereocenters. The minimum absolute atomic E-state index is 0.169. The van der Waals surface area contributed by atoms with Crippen molar-refractivity contribution >= 4 is 17.4 Å². The summed E-state index contributed by atoms with van der Waals surface area (Å²) < 4.78 is 0. The fourth-order valence-electron chi connectivity index (χ4n) is 4.70. The Labute approximate surface area is 179 Å². The Bertz CT molecular complexity index is 979. The van der Waals surface area contributed by atoms with E-state index in [4.69, 9.17) is 0 Å². The third kappa shape index (κ3) is 3.91. The van der Waals surface area contributed by atoms with Crippen LogP contribution in [0.4, 0.5) is 0 Å². The highest BCUT2D eigenvalue weighted by Gasteiger charge is 2.42. The number of imide groups is 1. The van der Waals surface area contributed by atoms with Gasteiger partial charge in [-0.1, -0.05) is 73.5 Å². The first-order valence-corrected chi connectivity index (χ1v) is 10.8. The van der Waals surface area contributed by atoms with Crippen LogP contribution in [0.15, 0.2) is 54.2 Å². The first-order valence-electron chi connectivity index (χ1n) is 10.8. The highest BCUT2D eigenvalue weighted by atomic mass is 16.2. The van der Waals surface area contributed by atoms with Crippen LogP contribution in [0.2, 0.25) is 0 Å². The number of likely N-dealkylation sites (tertiary alicyclic amines) is 1. The van der Waals surface area contributed by atoms with E-state index in [9.17, 15) is 9.59 Å². The van der Waals surface area contributed by atoms with Gasteiger partial charge in [-0.15, -0.1) is 0 Å². The second-order valence-corrected chi connectivity index (χ2v) is 9.12. The number of carbonyl (C=O) groups is 2. The first kappa shape index (κ1) is 20.4. The molecular weight excluding hydrogens is 372 g/mol. The summed E-state index contributed by atoms with van der Waals surface area (Å²) in [5.74, 6) is 0.631. The third-order valence-electron chi connectivity index (χ3n) is 6.13. The van der Waals surface area contributed by atoms with Crippen LogP contribution in [0.3, 0.4) is 0 Å². The molecule has 2 aliphatic rings. The number of aryl methyl sites for hydroxylation is 2. The first-order chi connectivity index (χ1) is 14.3. The van der Waals surface area contributed by atoms with Gasteiger partial charge in [0.05, 0.1) is 12.1 Å². The number of amides is 2. The second kappa shape index (κ2) is 8.10. The van der Waals surface area contributed by atoms with Crippen molar-refractivity contribution in [2.24, 2.45) is 11.8 Å². The van der Waals surface area contributed by atoms with Gasteiger partial charge in [-0.05, 0) is 43.2 Å². The minimum atomic E-state index is -0.190. The molecule has 0 aromatic heterocycles. The number of hydrogen-bond donors (Lipinski definition) is 0. The van der Waals surface area contributed by atoms with Gasteiger partial charge in [0, 0.05) is 13.1 Å². The van der Waals surface area contributed by atoms with Gasteiger partial charge in [-0.3, -0.25) is 14.5 Å². The summed E-state index contributed by atoms with van der Waals surface area (Å²) in [4.78, 5) is 30.6. The van der Waals surface area contributed by atoms with Crippen molar-refractivity contribution in [3.8, 4) is 0 Å². The highest BCUT2D eigenvalue weighted by Crippen LogP contribution is 2.35. The number of benzene rings is 2. The predicted octanol–water partition coefficient (Wildman–Crippen LogP) is 4.56. The van der Waals surface area contributed by atoms with Gasteiger partial charge in [0.25, 0.3) is 11.8 Å². The smallest absolute Gasteiger partial charge is 0.278 e. The maximum atomic E-state index is 13.6. The summed E-state index contributed by atoms with van der Waals surface area (Å²) in [6.45, 7) is 10.4. The lowest BCUT2D eigenvalue weighted by Gasteiger charge is -2.37. The van der Waals surface area contributed by atoms with Gasteiger partial charge in [0.2, 0.25) is 0 Å². The molecule has 0 radical (unpaired) electrons. The molecule has 2 unspecified atom stereocenters. The summed E-state index contributed by atoms with van der Waals surface area (Å²) in [6.07, 6.45) is 1.15. The quantitative estimate of drug-likeness (QED) is 0.704. The number of carbonyl (C=O) groups excluding carboxylic acids is 2. The maximum absolute atomic E-state index is 13.6. The van der Waals surface area contributed by atoms with E-state index in [0.29, 0.717) is 29.7 Å². The van der Waals surface area contributed by atoms with Crippen LogP contribution in [-0.2, 0) is 16.1 Å². The highest BCUT2D eigenvalue weighted by molar-refractivity contribution is 6.35. The Morgan fingerprint density at radius 3 is 1.90 bits per heavy atom. The Morgan fingerprint density at radius 1 is 0.800 bits per heavy atom. The molecule has 0 saturated carbocycles. The van der Waals surface area contributed by atoms with E-state index in [0.717, 1.165) is 41.8 Å². The lowest BCUT2D eigenvalue weighted by atomic mass is 9.91. The molecule has 4 heteroatoms. The Morgan fingerprint density at radius 2 is 1.33 bits per heavy atom. The molecule has 1 saturated heterocycles. The minimum Gasteiger partial charge on any atom is -0.366 e. The molecular formula is C26H30N2O2. The van der Waals surface area contributed by atoms with E-state index in [-0.39, 0.29) is 11.8 Å². The molecule has 2 aromatic rings. The van der Waals surface area contributed by atoms with Crippen LogP contribution in [0.5, 0.6) is 0 Å². The standard InChI is InChI=1S/C26H30N2O2/c1-17-5-9-21(10-6-17)16-28-25(29)23(22-11-7-18(2)8-12-22)24(26(28)30)27-14-19(3)13-20(4)15-27/h5-12,19-20H,13-16H2,1-4H3. The van der Waals surface area contributed by atoms with Gasteiger partial charge in [-0.25, -0.2) is 0 Å². The molecule has 4 rings (SSSR count). The summed E-state index contributed by atoms with van der Waals surface area (Å²) in [5.41, 5.74) is 5.21. The predicted molar refractivity (Wildman–Crippen MR) is 119 cm³/mol. The van der Waals surface area contributed by atoms with Crippen LogP contribution in [0.25, 0.3) is 5.57 Å². The van der Waals surface area contributed by atoms with Crippen LogP contribution >= 0.6 is 0 Å². The molecule has 0 N–H and O–H groups in total. The Balaban J connectivity index is 1.74. The summed E-state index contributed by atoms with van der Waals surface area (Å²) in [6, 6.07) is 15.9. The molecule has 0 aliphatic carbocycles. The zero-order valence-electron chi connectivity index (χ0n) is 18.3. The summed E-state index contributed by atoms with van der Waals surface area (Å²) >= 11 is 0. The topological polar surface area (TPSA) is 40.6 Å². The molecule has 0 bridgehead atoms. The zero-order valence-corrected chi connectivity index (χ0v) is 18.3. The van der Waals surface area contributed by atoms with Crippen molar-refractivity contribution in [3.63, 3.8) is 0 Å². The SMILES string of the molecule is Cc1ccc(CN2C(=O)C(c3ccc(C)cc3)=C(N3CC(C)CC(C)C3)C2=O)cc1.